The third kappa shape index (κ3) is 7.15. The molecule has 0 unspecified atom stereocenters. The molecule has 1 aromatic heterocycles. The molecule has 0 saturated carbocycles. The second-order valence-electron chi connectivity index (χ2n) is 8.12. The van der Waals surface area contributed by atoms with Crippen molar-refractivity contribution in [1.29, 1.82) is 0 Å². The van der Waals surface area contributed by atoms with Gasteiger partial charge < -0.3 is 14.5 Å². The third-order valence-electron chi connectivity index (χ3n) is 5.30. The number of ether oxygens (including phenoxy) is 1. The molecule has 0 radical (unpaired) electrons. The van der Waals surface area contributed by atoms with Crippen molar-refractivity contribution >= 4 is 23.2 Å². The molecule has 2 aromatic carbocycles. The van der Waals surface area contributed by atoms with E-state index < -0.39 is 0 Å². The molecule has 5 nitrogen and oxygen atoms in total. The molecule has 0 spiro atoms. The van der Waals surface area contributed by atoms with E-state index in [9.17, 15) is 14.0 Å². The molecule has 0 aliphatic carbocycles. The first-order chi connectivity index (χ1) is 15.8. The lowest BCUT2D eigenvalue weighted by atomic mass is 10.2. The number of nitrogens with zero attached hydrogens (tertiary/aromatic N) is 2. The van der Waals surface area contributed by atoms with Gasteiger partial charge in [0.1, 0.15) is 18.1 Å². The minimum Gasteiger partial charge on any atom is -0.484 e. The van der Waals surface area contributed by atoms with Crippen molar-refractivity contribution in [3.8, 4) is 5.75 Å². The molecule has 3 aromatic rings. The third-order valence-corrected chi connectivity index (χ3v) is 6.30. The van der Waals surface area contributed by atoms with E-state index in [2.05, 4.69) is 0 Å². The van der Waals surface area contributed by atoms with Crippen LogP contribution < -0.4 is 4.74 Å². The Morgan fingerprint density at radius 3 is 2.27 bits per heavy atom. The smallest absolute Gasteiger partial charge is 0.261 e. The van der Waals surface area contributed by atoms with Crippen LogP contribution in [0.3, 0.4) is 0 Å². The molecule has 0 saturated heterocycles. The number of para-hydroxylation sites is 1. The molecule has 7 heteroatoms. The SMILES string of the molecule is Cc1ccsc1CN(Cc1ccc(F)cc1)C(=O)CN(C(=O)COc1ccccc1)C(C)C. The lowest BCUT2D eigenvalue weighted by Crippen LogP contribution is -2.47. The molecule has 0 fully saturated rings. The molecular formula is C26H29FN2O3S. The fraction of sp³-hybridized carbons (Fsp3) is 0.308. The summed E-state index contributed by atoms with van der Waals surface area (Å²) >= 11 is 1.59. The van der Waals surface area contributed by atoms with E-state index in [1.165, 1.54) is 17.0 Å². The van der Waals surface area contributed by atoms with Crippen molar-refractivity contribution in [2.45, 2.75) is 39.9 Å². The summed E-state index contributed by atoms with van der Waals surface area (Å²) in [6.07, 6.45) is 0. The van der Waals surface area contributed by atoms with E-state index in [1.54, 1.807) is 40.5 Å². The molecule has 1 heterocycles. The summed E-state index contributed by atoms with van der Waals surface area (Å²) in [5.74, 6) is -0.141. The first-order valence-electron chi connectivity index (χ1n) is 10.9. The van der Waals surface area contributed by atoms with Crippen molar-refractivity contribution in [2.75, 3.05) is 13.2 Å². The highest BCUT2D eigenvalue weighted by atomic mass is 32.1. The number of aryl methyl sites for hydroxylation is 1. The first-order valence-corrected chi connectivity index (χ1v) is 11.7. The number of carbonyl (C=O) groups is 2. The van der Waals surface area contributed by atoms with E-state index >= 15 is 0 Å². The van der Waals surface area contributed by atoms with Gasteiger partial charge in [-0.25, -0.2) is 4.39 Å². The maximum atomic E-state index is 13.4. The summed E-state index contributed by atoms with van der Waals surface area (Å²) in [5, 5.41) is 2.00. The molecule has 174 valence electrons. The molecule has 2 amide bonds. The van der Waals surface area contributed by atoms with Crippen molar-refractivity contribution in [2.24, 2.45) is 0 Å². The Balaban J connectivity index is 1.72. The van der Waals surface area contributed by atoms with Crippen molar-refractivity contribution < 1.29 is 18.7 Å². The number of rotatable bonds is 10. The summed E-state index contributed by atoms with van der Waals surface area (Å²) in [7, 11) is 0. The van der Waals surface area contributed by atoms with Gasteiger partial charge >= 0.3 is 0 Å². The van der Waals surface area contributed by atoms with Gasteiger partial charge in [-0.2, -0.15) is 0 Å². The van der Waals surface area contributed by atoms with Gasteiger partial charge in [0.2, 0.25) is 5.91 Å². The number of benzene rings is 2. The molecule has 0 bridgehead atoms. The van der Waals surface area contributed by atoms with Gasteiger partial charge in [0.05, 0.1) is 6.54 Å². The Labute approximate surface area is 198 Å². The van der Waals surface area contributed by atoms with Gasteiger partial charge in [-0.3, -0.25) is 9.59 Å². The topological polar surface area (TPSA) is 49.9 Å². The fourth-order valence-corrected chi connectivity index (χ4v) is 4.25. The zero-order valence-corrected chi connectivity index (χ0v) is 20.0. The Hall–Kier alpha value is -3.19. The fourth-order valence-electron chi connectivity index (χ4n) is 3.33. The highest BCUT2D eigenvalue weighted by Crippen LogP contribution is 2.20. The maximum Gasteiger partial charge on any atom is 0.261 e. The minimum atomic E-state index is -0.319. The Morgan fingerprint density at radius 2 is 1.67 bits per heavy atom. The van der Waals surface area contributed by atoms with E-state index in [0.29, 0.717) is 18.8 Å². The highest BCUT2D eigenvalue weighted by molar-refractivity contribution is 7.10. The number of thiophene rings is 1. The van der Waals surface area contributed by atoms with Crippen molar-refractivity contribution in [1.82, 2.24) is 9.80 Å². The first kappa shape index (κ1) is 24.5. The van der Waals surface area contributed by atoms with Crippen molar-refractivity contribution in [3.63, 3.8) is 0 Å². The Kier molecular flexibility index (Phi) is 8.60. The number of carbonyl (C=O) groups excluding carboxylic acids is 2. The molecule has 0 aliphatic rings. The number of halogens is 1. The van der Waals surface area contributed by atoms with Crippen LogP contribution in [-0.4, -0.2) is 40.8 Å². The monoisotopic (exact) mass is 468 g/mol. The number of hydrogen-bond donors (Lipinski definition) is 0. The van der Waals surface area contributed by atoms with Gasteiger partial charge in [-0.05, 0) is 67.6 Å². The normalized spacial score (nSPS) is 10.8. The van der Waals surface area contributed by atoms with Gasteiger partial charge in [-0.15, -0.1) is 11.3 Å². The maximum absolute atomic E-state index is 13.4. The minimum absolute atomic E-state index is 0.0553. The van der Waals surface area contributed by atoms with Crippen LogP contribution in [0, 0.1) is 12.7 Å². The molecular weight excluding hydrogens is 439 g/mol. The Bertz CT molecular complexity index is 1050. The summed E-state index contributed by atoms with van der Waals surface area (Å²) in [5.41, 5.74) is 1.94. The molecule has 0 atom stereocenters. The standard InChI is InChI=1S/C26H29FN2O3S/c1-19(2)29(26(31)18-32-23-7-5-4-6-8-23)17-25(30)28(16-24-20(3)13-14-33-24)15-21-9-11-22(27)12-10-21/h4-14,19H,15-18H2,1-3H3. The van der Waals surface area contributed by atoms with Crippen LogP contribution in [0.25, 0.3) is 0 Å². The summed E-state index contributed by atoms with van der Waals surface area (Å²) in [6.45, 7) is 6.33. The average molecular weight is 469 g/mol. The molecule has 3 rings (SSSR count). The van der Waals surface area contributed by atoms with Gasteiger partial charge in [0, 0.05) is 17.5 Å². The van der Waals surface area contributed by atoms with Crippen LogP contribution in [0.5, 0.6) is 5.75 Å². The second-order valence-corrected chi connectivity index (χ2v) is 9.12. The lowest BCUT2D eigenvalue weighted by Gasteiger charge is -2.30. The second kappa shape index (κ2) is 11.6. The predicted molar refractivity (Wildman–Crippen MR) is 128 cm³/mol. The molecule has 0 N–H and O–H groups in total. The summed E-state index contributed by atoms with van der Waals surface area (Å²) in [4.78, 5) is 30.6. The largest absolute Gasteiger partial charge is 0.484 e. The van der Waals surface area contributed by atoms with E-state index in [0.717, 1.165) is 16.0 Å². The number of hydrogen-bond acceptors (Lipinski definition) is 4. The van der Waals surface area contributed by atoms with Crippen LogP contribution in [0.4, 0.5) is 4.39 Å². The van der Waals surface area contributed by atoms with E-state index in [1.807, 2.05) is 50.4 Å². The van der Waals surface area contributed by atoms with Gasteiger partial charge in [0.15, 0.2) is 6.61 Å². The van der Waals surface area contributed by atoms with Crippen LogP contribution in [0.15, 0.2) is 66.0 Å². The zero-order chi connectivity index (χ0) is 23.8. The predicted octanol–water partition coefficient (Wildman–Crippen LogP) is 5.04. The van der Waals surface area contributed by atoms with Gasteiger partial charge in [-0.1, -0.05) is 30.3 Å². The summed E-state index contributed by atoms with van der Waals surface area (Å²) in [6, 6.07) is 17.1. The lowest BCUT2D eigenvalue weighted by molar-refractivity contribution is -0.143. The number of amides is 2. The van der Waals surface area contributed by atoms with Crippen LogP contribution >= 0.6 is 11.3 Å². The van der Waals surface area contributed by atoms with Crippen LogP contribution in [0.2, 0.25) is 0 Å². The summed E-state index contributed by atoms with van der Waals surface area (Å²) < 4.78 is 18.9. The van der Waals surface area contributed by atoms with Crippen LogP contribution in [0.1, 0.15) is 29.9 Å². The highest BCUT2D eigenvalue weighted by Gasteiger charge is 2.24. The quantitative estimate of drug-likeness (QED) is 0.419. The van der Waals surface area contributed by atoms with Gasteiger partial charge in [0.25, 0.3) is 5.91 Å². The molecule has 33 heavy (non-hydrogen) atoms. The van der Waals surface area contributed by atoms with E-state index in [4.69, 9.17) is 4.74 Å². The zero-order valence-electron chi connectivity index (χ0n) is 19.2. The van der Waals surface area contributed by atoms with Crippen molar-refractivity contribution in [3.05, 3.63) is 87.9 Å². The van der Waals surface area contributed by atoms with Crippen LogP contribution in [-0.2, 0) is 22.7 Å². The Morgan fingerprint density at radius 1 is 0.970 bits per heavy atom. The molecule has 0 aliphatic heterocycles. The van der Waals surface area contributed by atoms with E-state index in [-0.39, 0.29) is 36.8 Å². The average Bonchev–Trinajstić information content (AvgIpc) is 3.21.